The third-order valence-electron chi connectivity index (χ3n) is 4.91. The zero-order chi connectivity index (χ0) is 17.4. The van der Waals surface area contributed by atoms with Crippen LogP contribution < -0.4 is 0 Å². The highest BCUT2D eigenvalue weighted by Crippen LogP contribution is 2.28. The molecular weight excluding hydrogens is 304 g/mol. The van der Waals surface area contributed by atoms with E-state index in [4.69, 9.17) is 4.74 Å². The van der Waals surface area contributed by atoms with Gasteiger partial charge in [-0.25, -0.2) is 4.79 Å². The maximum Gasteiger partial charge on any atom is 0.410 e. The molecule has 24 heavy (non-hydrogen) atoms. The number of carbonyl (C=O) groups excluding carboxylic acids is 2. The summed E-state index contributed by atoms with van der Waals surface area (Å²) in [6.07, 6.45) is 7.55. The molecule has 2 heterocycles. The fourth-order valence-corrected chi connectivity index (χ4v) is 3.54. The van der Waals surface area contributed by atoms with Crippen LogP contribution in [0.4, 0.5) is 4.79 Å². The van der Waals surface area contributed by atoms with Gasteiger partial charge in [-0.3, -0.25) is 9.69 Å². The fraction of sp³-hybridized carbons (Fsp3) is 0.789. The summed E-state index contributed by atoms with van der Waals surface area (Å²) in [6, 6.07) is 0. The standard InChI is InChI=1S/C19H32N2O3/c1-3-5-6-9-17(22)11-10-16-14-21(19(23)24-4-2)15-18(16)20-12-7-8-13-20/h3-15H2,1-2H3. The minimum Gasteiger partial charge on any atom is -0.450 e. The SMILES string of the molecule is CCCCCC(=O)CCC1=C(N2CCCC2)CN(C(=O)OCC)C1. The lowest BCUT2D eigenvalue weighted by Gasteiger charge is -2.22. The van der Waals surface area contributed by atoms with E-state index in [0.29, 0.717) is 38.3 Å². The van der Waals surface area contributed by atoms with Crippen molar-refractivity contribution in [3.8, 4) is 0 Å². The van der Waals surface area contributed by atoms with Crippen molar-refractivity contribution in [2.75, 3.05) is 32.8 Å². The molecule has 1 saturated heterocycles. The predicted molar refractivity (Wildman–Crippen MR) is 94.8 cm³/mol. The van der Waals surface area contributed by atoms with Crippen LogP contribution in [0.2, 0.25) is 0 Å². The van der Waals surface area contributed by atoms with Gasteiger partial charge in [0.15, 0.2) is 0 Å². The first-order chi connectivity index (χ1) is 11.7. The van der Waals surface area contributed by atoms with Crippen LogP contribution in [0, 0.1) is 0 Å². The van der Waals surface area contributed by atoms with E-state index in [2.05, 4.69) is 11.8 Å². The largest absolute Gasteiger partial charge is 0.450 e. The highest BCUT2D eigenvalue weighted by molar-refractivity contribution is 5.78. The molecule has 2 aliphatic rings. The number of hydrogen-bond acceptors (Lipinski definition) is 4. The van der Waals surface area contributed by atoms with Gasteiger partial charge >= 0.3 is 6.09 Å². The van der Waals surface area contributed by atoms with Gasteiger partial charge in [-0.2, -0.15) is 0 Å². The first-order valence-corrected chi connectivity index (χ1v) is 9.55. The molecule has 0 atom stereocenters. The highest BCUT2D eigenvalue weighted by atomic mass is 16.6. The number of Topliss-reactive ketones (excluding diaryl/α,β-unsaturated/α-hetero) is 1. The van der Waals surface area contributed by atoms with Gasteiger partial charge in [-0.1, -0.05) is 19.8 Å². The molecule has 0 aromatic rings. The monoisotopic (exact) mass is 336 g/mol. The number of rotatable bonds is 9. The molecule has 2 rings (SSSR count). The molecule has 0 N–H and O–H groups in total. The third-order valence-corrected chi connectivity index (χ3v) is 4.91. The number of ether oxygens (including phenoxy) is 1. The van der Waals surface area contributed by atoms with Crippen LogP contribution in [0.3, 0.4) is 0 Å². The second-order valence-electron chi connectivity index (χ2n) is 6.80. The molecule has 5 nitrogen and oxygen atoms in total. The molecular formula is C19H32N2O3. The van der Waals surface area contributed by atoms with Crippen LogP contribution in [0.1, 0.15) is 65.2 Å². The first-order valence-electron chi connectivity index (χ1n) is 9.55. The Kier molecular flexibility index (Phi) is 7.60. The predicted octanol–water partition coefficient (Wildman–Crippen LogP) is 3.74. The number of amides is 1. The summed E-state index contributed by atoms with van der Waals surface area (Å²) in [7, 11) is 0. The van der Waals surface area contributed by atoms with E-state index in [1.165, 1.54) is 24.1 Å². The van der Waals surface area contributed by atoms with Gasteiger partial charge in [0, 0.05) is 38.2 Å². The Morgan fingerprint density at radius 3 is 2.46 bits per heavy atom. The maximum absolute atomic E-state index is 12.1. The maximum atomic E-state index is 12.1. The fourth-order valence-electron chi connectivity index (χ4n) is 3.54. The molecule has 0 saturated carbocycles. The number of nitrogens with zero attached hydrogens (tertiary/aromatic N) is 2. The van der Waals surface area contributed by atoms with Gasteiger partial charge in [-0.15, -0.1) is 0 Å². The van der Waals surface area contributed by atoms with Crippen molar-refractivity contribution in [3.63, 3.8) is 0 Å². The summed E-state index contributed by atoms with van der Waals surface area (Å²) in [6.45, 7) is 7.78. The van der Waals surface area contributed by atoms with Gasteiger partial charge in [0.05, 0.1) is 13.2 Å². The summed E-state index contributed by atoms with van der Waals surface area (Å²) in [5.74, 6) is 0.353. The van der Waals surface area contributed by atoms with Crippen molar-refractivity contribution < 1.29 is 14.3 Å². The number of ketones is 1. The molecule has 5 heteroatoms. The van der Waals surface area contributed by atoms with Crippen LogP contribution >= 0.6 is 0 Å². The Bertz CT molecular complexity index is 467. The van der Waals surface area contributed by atoms with E-state index < -0.39 is 0 Å². The van der Waals surface area contributed by atoms with Crippen LogP contribution in [0.25, 0.3) is 0 Å². The molecule has 2 aliphatic heterocycles. The zero-order valence-corrected chi connectivity index (χ0v) is 15.3. The molecule has 136 valence electrons. The van der Waals surface area contributed by atoms with Crippen molar-refractivity contribution in [2.24, 2.45) is 0 Å². The molecule has 0 radical (unpaired) electrons. The Hall–Kier alpha value is -1.52. The van der Waals surface area contributed by atoms with Crippen LogP contribution in [-0.2, 0) is 9.53 Å². The van der Waals surface area contributed by atoms with Crippen molar-refractivity contribution in [1.82, 2.24) is 9.80 Å². The Labute approximate surface area is 146 Å². The summed E-state index contributed by atoms with van der Waals surface area (Å²) in [4.78, 5) is 28.3. The normalized spacial score (nSPS) is 17.8. The lowest BCUT2D eigenvalue weighted by Crippen LogP contribution is -2.32. The lowest BCUT2D eigenvalue weighted by atomic mass is 10.0. The molecule has 1 fully saturated rings. The molecule has 0 aromatic carbocycles. The van der Waals surface area contributed by atoms with Crippen molar-refractivity contribution >= 4 is 11.9 Å². The lowest BCUT2D eigenvalue weighted by molar-refractivity contribution is -0.119. The number of carbonyl (C=O) groups is 2. The van der Waals surface area contributed by atoms with Gasteiger partial charge in [0.1, 0.15) is 5.78 Å². The molecule has 0 bridgehead atoms. The molecule has 0 aliphatic carbocycles. The number of hydrogen-bond donors (Lipinski definition) is 0. The van der Waals surface area contributed by atoms with Gasteiger partial charge < -0.3 is 9.64 Å². The van der Waals surface area contributed by atoms with E-state index in [-0.39, 0.29) is 6.09 Å². The molecule has 0 unspecified atom stereocenters. The second-order valence-corrected chi connectivity index (χ2v) is 6.80. The van der Waals surface area contributed by atoms with E-state index in [1.54, 1.807) is 4.90 Å². The minimum atomic E-state index is -0.238. The van der Waals surface area contributed by atoms with E-state index in [0.717, 1.165) is 38.8 Å². The van der Waals surface area contributed by atoms with Crippen LogP contribution in [-0.4, -0.2) is 54.5 Å². The van der Waals surface area contributed by atoms with E-state index in [1.807, 2.05) is 6.92 Å². The smallest absolute Gasteiger partial charge is 0.410 e. The third kappa shape index (κ3) is 5.25. The van der Waals surface area contributed by atoms with Crippen LogP contribution in [0.15, 0.2) is 11.3 Å². The average molecular weight is 336 g/mol. The van der Waals surface area contributed by atoms with Gasteiger partial charge in [0.2, 0.25) is 0 Å². The molecule has 0 aromatic heterocycles. The number of likely N-dealkylation sites (tertiary alicyclic amines) is 1. The summed E-state index contributed by atoms with van der Waals surface area (Å²) in [5, 5.41) is 0. The molecule has 0 spiro atoms. The van der Waals surface area contributed by atoms with Gasteiger partial charge in [0.25, 0.3) is 0 Å². The molecule has 1 amide bonds. The zero-order valence-electron chi connectivity index (χ0n) is 15.3. The number of unbranched alkanes of at least 4 members (excludes halogenated alkanes) is 2. The van der Waals surface area contributed by atoms with Crippen molar-refractivity contribution in [1.29, 1.82) is 0 Å². The quantitative estimate of drug-likeness (QED) is 0.602. The average Bonchev–Trinajstić information content (AvgIpc) is 3.22. The van der Waals surface area contributed by atoms with E-state index >= 15 is 0 Å². The summed E-state index contributed by atoms with van der Waals surface area (Å²) in [5.41, 5.74) is 2.52. The van der Waals surface area contributed by atoms with Crippen molar-refractivity contribution in [3.05, 3.63) is 11.3 Å². The van der Waals surface area contributed by atoms with Crippen LogP contribution in [0.5, 0.6) is 0 Å². The Morgan fingerprint density at radius 1 is 1.04 bits per heavy atom. The highest BCUT2D eigenvalue weighted by Gasteiger charge is 2.30. The Balaban J connectivity index is 1.92. The summed E-state index contributed by atoms with van der Waals surface area (Å²) >= 11 is 0. The van der Waals surface area contributed by atoms with Gasteiger partial charge in [-0.05, 0) is 38.2 Å². The Morgan fingerprint density at radius 2 is 1.79 bits per heavy atom. The minimum absolute atomic E-state index is 0.238. The first kappa shape index (κ1) is 18.8. The van der Waals surface area contributed by atoms with E-state index in [9.17, 15) is 9.59 Å². The van der Waals surface area contributed by atoms with Crippen molar-refractivity contribution in [2.45, 2.75) is 65.2 Å². The second kappa shape index (κ2) is 9.70. The topological polar surface area (TPSA) is 49.9 Å². The summed E-state index contributed by atoms with van der Waals surface area (Å²) < 4.78 is 5.15.